The van der Waals surface area contributed by atoms with Gasteiger partial charge in [0.2, 0.25) is 0 Å². The van der Waals surface area contributed by atoms with Crippen molar-refractivity contribution in [1.29, 1.82) is 0 Å². The van der Waals surface area contributed by atoms with Gasteiger partial charge in [0.1, 0.15) is 19.0 Å². The van der Waals surface area contributed by atoms with E-state index in [2.05, 4.69) is 0 Å². The lowest BCUT2D eigenvalue weighted by molar-refractivity contribution is -0.131. The Balaban J connectivity index is 2.01. The van der Waals surface area contributed by atoms with Crippen molar-refractivity contribution in [3.05, 3.63) is 58.6 Å². The molecule has 0 unspecified atom stereocenters. The maximum absolute atomic E-state index is 10.7. The number of hydrogen-bond acceptors (Lipinski definition) is 4. The van der Waals surface area contributed by atoms with E-state index < -0.39 is 5.97 Å². The molecule has 0 aliphatic heterocycles. The number of aryl methyl sites for hydroxylation is 1. The minimum atomic E-state index is -1.03. The van der Waals surface area contributed by atoms with Crippen molar-refractivity contribution in [2.45, 2.75) is 6.92 Å². The van der Waals surface area contributed by atoms with Crippen molar-refractivity contribution in [3.8, 4) is 17.2 Å². The van der Waals surface area contributed by atoms with Gasteiger partial charge >= 0.3 is 5.97 Å². The van der Waals surface area contributed by atoms with Crippen molar-refractivity contribution >= 4 is 23.6 Å². The van der Waals surface area contributed by atoms with Gasteiger partial charge in [0.15, 0.2) is 11.5 Å². The first-order valence-corrected chi connectivity index (χ1v) is 7.99. The second-order valence-electron chi connectivity index (χ2n) is 5.16. The summed E-state index contributed by atoms with van der Waals surface area (Å²) in [6, 6.07) is 10.7. The second-order valence-corrected chi connectivity index (χ2v) is 5.57. The molecule has 5 nitrogen and oxygen atoms in total. The summed E-state index contributed by atoms with van der Waals surface area (Å²) in [5.41, 5.74) is 1.55. The molecule has 0 atom stereocenters. The number of para-hydroxylation sites is 1. The molecule has 0 aliphatic carbocycles. The van der Waals surface area contributed by atoms with Crippen LogP contribution in [0.1, 0.15) is 11.1 Å². The van der Waals surface area contributed by atoms with Crippen molar-refractivity contribution in [3.63, 3.8) is 0 Å². The molecule has 132 valence electrons. The third-order valence-corrected chi connectivity index (χ3v) is 3.79. The normalized spacial score (nSPS) is 10.7. The van der Waals surface area contributed by atoms with Crippen LogP contribution in [0.2, 0.25) is 5.02 Å². The summed E-state index contributed by atoms with van der Waals surface area (Å²) in [7, 11) is 1.53. The number of carbonyl (C=O) groups is 1. The number of halogens is 1. The quantitative estimate of drug-likeness (QED) is 0.562. The van der Waals surface area contributed by atoms with Crippen LogP contribution in [0.4, 0.5) is 0 Å². The average Bonchev–Trinajstić information content (AvgIpc) is 2.60. The maximum Gasteiger partial charge on any atom is 0.328 e. The molecule has 2 aromatic rings. The first kappa shape index (κ1) is 18.7. The first-order chi connectivity index (χ1) is 12.0. The summed E-state index contributed by atoms with van der Waals surface area (Å²) in [4.78, 5) is 10.7. The molecule has 0 saturated heterocycles. The number of hydrogen-bond donors (Lipinski definition) is 1. The molecular formula is C19H19ClO5. The third-order valence-electron chi connectivity index (χ3n) is 3.36. The van der Waals surface area contributed by atoms with Gasteiger partial charge in [-0.05, 0) is 42.8 Å². The van der Waals surface area contributed by atoms with E-state index in [1.165, 1.54) is 13.2 Å². The van der Waals surface area contributed by atoms with Crippen LogP contribution in [-0.2, 0) is 4.79 Å². The molecule has 6 heteroatoms. The Kier molecular flexibility index (Phi) is 6.71. The summed E-state index contributed by atoms with van der Waals surface area (Å²) in [6.45, 7) is 2.50. The van der Waals surface area contributed by atoms with E-state index in [4.69, 9.17) is 30.9 Å². The van der Waals surface area contributed by atoms with Crippen molar-refractivity contribution < 1.29 is 24.1 Å². The van der Waals surface area contributed by atoms with Crippen molar-refractivity contribution in [2.75, 3.05) is 20.3 Å². The van der Waals surface area contributed by atoms with Crippen LogP contribution in [0.15, 0.2) is 42.5 Å². The monoisotopic (exact) mass is 362 g/mol. The van der Waals surface area contributed by atoms with Gasteiger partial charge in [0.05, 0.1) is 7.11 Å². The Morgan fingerprint density at radius 2 is 1.96 bits per heavy atom. The van der Waals surface area contributed by atoms with Gasteiger partial charge in [0.25, 0.3) is 0 Å². The molecule has 0 fully saturated rings. The zero-order valence-electron chi connectivity index (χ0n) is 14.0. The summed E-state index contributed by atoms with van der Waals surface area (Å²) in [5.74, 6) is 0.667. The van der Waals surface area contributed by atoms with Crippen LogP contribution >= 0.6 is 11.6 Å². The molecule has 0 aliphatic rings. The first-order valence-electron chi connectivity index (χ1n) is 7.61. The van der Waals surface area contributed by atoms with Crippen molar-refractivity contribution in [1.82, 2.24) is 0 Å². The molecule has 0 radical (unpaired) electrons. The standard InChI is InChI=1S/C19H19ClO5/c1-13-12-15(7-8-16(13)20)24-10-11-25-19-14(6-9-18(21)22)4-3-5-17(19)23-2/h3-9,12H,10-11H2,1-2H3,(H,21,22). The van der Waals surface area contributed by atoms with Gasteiger partial charge in [-0.2, -0.15) is 0 Å². The summed E-state index contributed by atoms with van der Waals surface area (Å²) >= 11 is 5.98. The Hall–Kier alpha value is -2.66. The van der Waals surface area contributed by atoms with Gasteiger partial charge in [0, 0.05) is 16.7 Å². The molecule has 25 heavy (non-hydrogen) atoms. The van der Waals surface area contributed by atoms with E-state index in [0.29, 0.717) is 34.4 Å². The lowest BCUT2D eigenvalue weighted by Crippen LogP contribution is -2.10. The summed E-state index contributed by atoms with van der Waals surface area (Å²) < 4.78 is 16.7. The van der Waals surface area contributed by atoms with E-state index in [-0.39, 0.29) is 6.61 Å². The lowest BCUT2D eigenvalue weighted by Gasteiger charge is -2.14. The van der Waals surface area contributed by atoms with E-state index in [1.807, 2.05) is 13.0 Å². The molecule has 2 rings (SSSR count). The number of rotatable bonds is 8. The fraction of sp³-hybridized carbons (Fsp3) is 0.211. The number of benzene rings is 2. The van der Waals surface area contributed by atoms with Gasteiger partial charge in [-0.3, -0.25) is 0 Å². The van der Waals surface area contributed by atoms with E-state index in [1.54, 1.807) is 30.3 Å². The highest BCUT2D eigenvalue weighted by Crippen LogP contribution is 2.32. The second kappa shape index (κ2) is 8.99. The number of carboxylic acids is 1. The van der Waals surface area contributed by atoms with Gasteiger partial charge in [-0.1, -0.05) is 23.7 Å². The zero-order chi connectivity index (χ0) is 18.2. The van der Waals surface area contributed by atoms with Gasteiger partial charge in [-0.25, -0.2) is 4.79 Å². The molecule has 0 bridgehead atoms. The van der Waals surface area contributed by atoms with E-state index >= 15 is 0 Å². The molecular weight excluding hydrogens is 344 g/mol. The van der Waals surface area contributed by atoms with Crippen LogP contribution in [0.25, 0.3) is 6.08 Å². The minimum absolute atomic E-state index is 0.274. The molecule has 0 amide bonds. The molecule has 1 N–H and O–H groups in total. The summed E-state index contributed by atoms with van der Waals surface area (Å²) in [5, 5.41) is 9.47. The lowest BCUT2D eigenvalue weighted by atomic mass is 10.1. The van der Waals surface area contributed by atoms with E-state index in [0.717, 1.165) is 11.6 Å². The molecule has 0 spiro atoms. The minimum Gasteiger partial charge on any atom is -0.493 e. The highest BCUT2D eigenvalue weighted by Gasteiger charge is 2.09. The number of aliphatic carboxylic acids is 1. The molecule has 0 heterocycles. The fourth-order valence-electron chi connectivity index (χ4n) is 2.15. The number of methoxy groups -OCH3 is 1. The van der Waals surface area contributed by atoms with Crippen LogP contribution in [0, 0.1) is 6.92 Å². The Morgan fingerprint density at radius 3 is 2.64 bits per heavy atom. The Bertz CT molecular complexity index is 770. The average molecular weight is 363 g/mol. The van der Waals surface area contributed by atoms with Crippen LogP contribution in [0.5, 0.6) is 17.2 Å². The van der Waals surface area contributed by atoms with Crippen molar-refractivity contribution in [2.24, 2.45) is 0 Å². The predicted molar refractivity (Wildman–Crippen MR) is 96.8 cm³/mol. The molecule has 0 aromatic heterocycles. The topological polar surface area (TPSA) is 65.0 Å². The van der Waals surface area contributed by atoms with Gasteiger partial charge < -0.3 is 19.3 Å². The van der Waals surface area contributed by atoms with Gasteiger partial charge in [-0.15, -0.1) is 0 Å². The summed E-state index contributed by atoms with van der Waals surface area (Å²) in [6.07, 6.45) is 2.51. The van der Waals surface area contributed by atoms with E-state index in [9.17, 15) is 4.79 Å². The Morgan fingerprint density at radius 1 is 1.20 bits per heavy atom. The van der Waals surface area contributed by atoms with Crippen LogP contribution < -0.4 is 14.2 Å². The highest BCUT2D eigenvalue weighted by molar-refractivity contribution is 6.31. The Labute approximate surface area is 151 Å². The SMILES string of the molecule is COc1cccc(C=CC(=O)O)c1OCCOc1ccc(Cl)c(C)c1. The predicted octanol–water partition coefficient (Wildman–Crippen LogP) is 4.21. The van der Waals surface area contributed by atoms with Crippen LogP contribution in [-0.4, -0.2) is 31.4 Å². The molecule has 2 aromatic carbocycles. The fourth-order valence-corrected chi connectivity index (χ4v) is 2.27. The smallest absolute Gasteiger partial charge is 0.328 e. The number of ether oxygens (including phenoxy) is 3. The third kappa shape index (κ3) is 5.43. The maximum atomic E-state index is 10.7. The number of carboxylic acid groups (broad SMARTS) is 1. The van der Waals surface area contributed by atoms with Crippen LogP contribution in [0.3, 0.4) is 0 Å². The zero-order valence-corrected chi connectivity index (χ0v) is 14.7. The largest absolute Gasteiger partial charge is 0.493 e. The highest BCUT2D eigenvalue weighted by atomic mass is 35.5. The molecule has 0 saturated carbocycles.